The maximum absolute atomic E-state index is 12.6. The van der Waals surface area contributed by atoms with Gasteiger partial charge in [-0.2, -0.15) is 0 Å². The average Bonchev–Trinajstić information content (AvgIpc) is 2.95. The highest BCUT2D eigenvalue weighted by atomic mass is 79.9. The molecule has 1 aromatic rings. The molecule has 0 atom stereocenters. The van der Waals surface area contributed by atoms with Crippen molar-refractivity contribution in [3.8, 4) is 5.75 Å². The van der Waals surface area contributed by atoms with Crippen molar-refractivity contribution in [2.45, 2.75) is 26.7 Å². The fourth-order valence-electron chi connectivity index (χ4n) is 2.39. The zero-order valence-corrected chi connectivity index (χ0v) is 19.0. The van der Waals surface area contributed by atoms with E-state index in [9.17, 15) is 19.2 Å². The molecular weight excluding hydrogens is 478 g/mol. The van der Waals surface area contributed by atoms with Crippen LogP contribution < -0.4 is 4.74 Å². The second kappa shape index (κ2) is 11.8. The first-order valence-corrected chi connectivity index (χ1v) is 11.0. The number of amides is 2. The third-order valence-corrected chi connectivity index (χ3v) is 5.23. The van der Waals surface area contributed by atoms with Gasteiger partial charge in [0.15, 0.2) is 6.61 Å². The molecule has 8 nitrogen and oxygen atoms in total. The Kier molecular flexibility index (Phi) is 9.38. The van der Waals surface area contributed by atoms with Gasteiger partial charge in [-0.3, -0.25) is 19.3 Å². The molecule has 0 aliphatic carbocycles. The second-order valence-electron chi connectivity index (χ2n) is 6.12. The monoisotopic (exact) mass is 499 g/mol. The Labute approximate surface area is 187 Å². The minimum atomic E-state index is -0.632. The summed E-state index contributed by atoms with van der Waals surface area (Å²) in [4.78, 5) is 49.2. The Morgan fingerprint density at radius 2 is 1.93 bits per heavy atom. The van der Waals surface area contributed by atoms with Crippen LogP contribution in [0.2, 0.25) is 0 Å². The van der Waals surface area contributed by atoms with E-state index in [2.05, 4.69) is 15.9 Å². The fraction of sp³-hybridized carbons (Fsp3) is 0.400. The third kappa shape index (κ3) is 6.88. The molecule has 0 N–H and O–H groups in total. The molecule has 2 rings (SSSR count). The molecule has 1 heterocycles. The maximum Gasteiger partial charge on any atom is 0.344 e. The van der Waals surface area contributed by atoms with Crippen molar-refractivity contribution in [3.63, 3.8) is 0 Å². The molecule has 162 valence electrons. The molecule has 0 bridgehead atoms. The van der Waals surface area contributed by atoms with Crippen LogP contribution in [0.15, 0.2) is 27.6 Å². The summed E-state index contributed by atoms with van der Waals surface area (Å²) < 4.78 is 16.1. The molecule has 0 saturated carbocycles. The van der Waals surface area contributed by atoms with Crippen LogP contribution in [0.25, 0.3) is 6.08 Å². The molecule has 30 heavy (non-hydrogen) atoms. The molecule has 1 aromatic carbocycles. The van der Waals surface area contributed by atoms with Crippen LogP contribution in [0.1, 0.15) is 32.3 Å². The molecule has 0 aromatic heterocycles. The van der Waals surface area contributed by atoms with Gasteiger partial charge in [-0.05, 0) is 49.4 Å². The lowest BCUT2D eigenvalue weighted by Gasteiger charge is -2.12. The predicted molar refractivity (Wildman–Crippen MR) is 115 cm³/mol. The van der Waals surface area contributed by atoms with E-state index in [0.717, 1.165) is 27.6 Å². The number of carbonyl (C=O) groups excluding carboxylic acids is 4. The fourth-order valence-corrected chi connectivity index (χ4v) is 3.59. The molecule has 2 amide bonds. The van der Waals surface area contributed by atoms with Crippen molar-refractivity contribution in [2.75, 3.05) is 26.4 Å². The summed E-state index contributed by atoms with van der Waals surface area (Å²) in [5.74, 6) is -1.40. The summed E-state index contributed by atoms with van der Waals surface area (Å²) in [6, 6.07) is 5.04. The Morgan fingerprint density at radius 1 is 1.17 bits per heavy atom. The lowest BCUT2D eigenvalue weighted by atomic mass is 10.2. The van der Waals surface area contributed by atoms with E-state index < -0.39 is 29.6 Å². The number of hydrogen-bond acceptors (Lipinski definition) is 8. The molecular formula is C20H22BrNO7S. The van der Waals surface area contributed by atoms with Gasteiger partial charge < -0.3 is 14.2 Å². The standard InChI is InChI=1S/C20H22BrNO7S/c1-3-5-8-28-17(23)11-22-19(25)16(30-20(22)26)10-13-9-14(21)6-7-15(13)29-12-18(24)27-4-2/h6-7,9-10H,3-5,8,11-12H2,1-2H3/b16-10+. The quantitative estimate of drug-likeness (QED) is 0.272. The zero-order chi connectivity index (χ0) is 22.1. The SMILES string of the molecule is CCCCOC(=O)CN1C(=O)S/C(=C/c2cc(Br)ccc2OCC(=O)OCC)C1=O. The van der Waals surface area contributed by atoms with E-state index >= 15 is 0 Å². The number of hydrogen-bond donors (Lipinski definition) is 0. The number of imide groups is 1. The van der Waals surface area contributed by atoms with Crippen LogP contribution in [0, 0.1) is 0 Å². The number of esters is 2. The highest BCUT2D eigenvalue weighted by Gasteiger charge is 2.36. The Hall–Kier alpha value is -2.33. The van der Waals surface area contributed by atoms with Crippen LogP contribution in [0.5, 0.6) is 5.75 Å². The molecule has 1 aliphatic heterocycles. The van der Waals surface area contributed by atoms with E-state index in [1.54, 1.807) is 25.1 Å². The number of ether oxygens (including phenoxy) is 3. The summed E-state index contributed by atoms with van der Waals surface area (Å²) in [5.41, 5.74) is 0.490. The van der Waals surface area contributed by atoms with Gasteiger partial charge in [0.05, 0.1) is 18.1 Å². The Balaban J connectivity index is 2.13. The number of thioether (sulfide) groups is 1. The van der Waals surface area contributed by atoms with Crippen molar-refractivity contribution in [1.29, 1.82) is 0 Å². The minimum absolute atomic E-state index is 0.139. The smallest absolute Gasteiger partial charge is 0.344 e. The van der Waals surface area contributed by atoms with Gasteiger partial charge in [0.1, 0.15) is 12.3 Å². The molecule has 0 spiro atoms. The molecule has 0 unspecified atom stereocenters. The lowest BCUT2D eigenvalue weighted by molar-refractivity contribution is -0.146. The van der Waals surface area contributed by atoms with Gasteiger partial charge in [-0.1, -0.05) is 29.3 Å². The van der Waals surface area contributed by atoms with Gasteiger partial charge in [0, 0.05) is 10.0 Å². The van der Waals surface area contributed by atoms with Crippen LogP contribution in [0.3, 0.4) is 0 Å². The van der Waals surface area contributed by atoms with Gasteiger partial charge in [0.25, 0.3) is 11.1 Å². The van der Waals surface area contributed by atoms with E-state index in [0.29, 0.717) is 17.7 Å². The number of unbranched alkanes of at least 4 members (excludes halogenated alkanes) is 1. The van der Waals surface area contributed by atoms with Crippen LogP contribution in [-0.4, -0.2) is 54.4 Å². The summed E-state index contributed by atoms with van der Waals surface area (Å²) >= 11 is 4.07. The van der Waals surface area contributed by atoms with Gasteiger partial charge >= 0.3 is 11.9 Å². The van der Waals surface area contributed by atoms with Crippen molar-refractivity contribution < 1.29 is 33.4 Å². The van der Waals surface area contributed by atoms with Crippen LogP contribution >= 0.6 is 27.7 Å². The number of nitrogens with zero attached hydrogens (tertiary/aromatic N) is 1. The third-order valence-electron chi connectivity index (χ3n) is 3.83. The highest BCUT2D eigenvalue weighted by Crippen LogP contribution is 2.34. The van der Waals surface area contributed by atoms with Crippen molar-refractivity contribution in [2.24, 2.45) is 0 Å². The molecule has 0 radical (unpaired) electrons. The van der Waals surface area contributed by atoms with E-state index in [4.69, 9.17) is 14.2 Å². The highest BCUT2D eigenvalue weighted by molar-refractivity contribution is 9.10. The first-order chi connectivity index (χ1) is 14.3. The van der Waals surface area contributed by atoms with E-state index in [1.165, 1.54) is 6.08 Å². The van der Waals surface area contributed by atoms with Gasteiger partial charge in [-0.15, -0.1) is 0 Å². The Bertz CT molecular complexity index is 856. The van der Waals surface area contributed by atoms with Crippen LogP contribution in [-0.2, 0) is 23.9 Å². The summed E-state index contributed by atoms with van der Waals surface area (Å²) in [6.45, 7) is 3.42. The number of halogens is 1. The number of benzene rings is 1. The summed E-state index contributed by atoms with van der Waals surface area (Å²) in [7, 11) is 0. The largest absolute Gasteiger partial charge is 0.481 e. The molecule has 1 fully saturated rings. The number of carbonyl (C=O) groups is 4. The first-order valence-electron chi connectivity index (χ1n) is 9.34. The normalized spacial score (nSPS) is 14.9. The lowest BCUT2D eigenvalue weighted by Crippen LogP contribution is -2.34. The molecule has 10 heteroatoms. The summed E-state index contributed by atoms with van der Waals surface area (Å²) in [6.07, 6.45) is 3.06. The van der Waals surface area contributed by atoms with Crippen molar-refractivity contribution in [1.82, 2.24) is 4.90 Å². The predicted octanol–water partition coefficient (Wildman–Crippen LogP) is 3.77. The number of rotatable bonds is 10. The van der Waals surface area contributed by atoms with Gasteiger partial charge in [0.2, 0.25) is 0 Å². The van der Waals surface area contributed by atoms with Crippen LogP contribution in [0.4, 0.5) is 4.79 Å². The second-order valence-corrected chi connectivity index (χ2v) is 8.03. The average molecular weight is 500 g/mol. The van der Waals surface area contributed by atoms with Gasteiger partial charge in [-0.25, -0.2) is 4.79 Å². The minimum Gasteiger partial charge on any atom is -0.481 e. The van der Waals surface area contributed by atoms with E-state index in [-0.39, 0.29) is 24.7 Å². The van der Waals surface area contributed by atoms with E-state index in [1.807, 2.05) is 6.92 Å². The first kappa shape index (κ1) is 23.9. The van der Waals surface area contributed by atoms with Crippen molar-refractivity contribution in [3.05, 3.63) is 33.1 Å². The van der Waals surface area contributed by atoms with Crippen molar-refractivity contribution >= 4 is 56.9 Å². The maximum atomic E-state index is 12.6. The topological polar surface area (TPSA) is 99.2 Å². The molecule has 1 aliphatic rings. The Morgan fingerprint density at radius 3 is 2.63 bits per heavy atom. The molecule has 1 saturated heterocycles. The summed E-state index contributed by atoms with van der Waals surface area (Å²) in [5, 5.41) is -0.553. The zero-order valence-electron chi connectivity index (χ0n) is 16.6.